The van der Waals surface area contributed by atoms with Gasteiger partial charge in [0.2, 0.25) is 0 Å². The summed E-state index contributed by atoms with van der Waals surface area (Å²) >= 11 is 0. The molecule has 1 N–H and O–H groups in total. The molecule has 0 aromatic heterocycles. The van der Waals surface area contributed by atoms with Crippen LogP contribution >= 0.6 is 0 Å². The van der Waals surface area contributed by atoms with Crippen molar-refractivity contribution < 1.29 is 14.4 Å². The highest BCUT2D eigenvalue weighted by atomic mass is 16.2. The molecule has 0 aliphatic heterocycles. The second-order valence-corrected chi connectivity index (χ2v) is 4.66. The molecule has 3 amide bonds. The molecule has 0 saturated heterocycles. The van der Waals surface area contributed by atoms with Crippen LogP contribution in [0.5, 0.6) is 0 Å². The highest BCUT2D eigenvalue weighted by Gasteiger charge is 2.18. The average Bonchev–Trinajstić information content (AvgIpc) is 2.59. The predicted octanol–water partition coefficient (Wildman–Crippen LogP) is 2.96. The number of carbonyl (C=O) groups is 3. The van der Waals surface area contributed by atoms with Crippen LogP contribution in [0.4, 0.5) is 10.5 Å². The number of carbonyl (C=O) groups excluding carboxylic acids is 3. The molecule has 0 radical (unpaired) electrons. The minimum atomic E-state index is -0.647. The number of rotatable bonds is 5. The fourth-order valence-corrected chi connectivity index (χ4v) is 1.88. The summed E-state index contributed by atoms with van der Waals surface area (Å²) in [5, 5.41) is 2.58. The largest absolute Gasteiger partial charge is 0.329 e. The van der Waals surface area contributed by atoms with E-state index in [4.69, 9.17) is 0 Å². The summed E-state index contributed by atoms with van der Waals surface area (Å²) in [5.41, 5.74) is 1.38. The Kier molecular flexibility index (Phi) is 5.82. The molecule has 0 fully saturated rings. The van der Waals surface area contributed by atoms with Crippen molar-refractivity contribution in [2.45, 2.75) is 0 Å². The topological polar surface area (TPSA) is 66.5 Å². The van der Waals surface area contributed by atoms with Crippen LogP contribution in [0, 0.1) is 0 Å². The molecule has 5 heteroatoms. The molecule has 2 aromatic carbocycles. The number of amides is 3. The second-order valence-electron chi connectivity index (χ2n) is 4.66. The van der Waals surface area contributed by atoms with Gasteiger partial charge < -0.3 is 10.1 Å². The van der Waals surface area contributed by atoms with Gasteiger partial charge in [0.1, 0.15) is 6.29 Å². The summed E-state index contributed by atoms with van der Waals surface area (Å²) in [6.45, 7) is -0.309. The van der Waals surface area contributed by atoms with Crippen molar-refractivity contribution in [3.05, 3.63) is 72.3 Å². The van der Waals surface area contributed by atoms with Gasteiger partial charge in [0.25, 0.3) is 5.91 Å². The van der Waals surface area contributed by atoms with Crippen LogP contribution in [0.25, 0.3) is 6.08 Å². The number of nitrogens with one attached hydrogen (secondary N) is 1. The van der Waals surface area contributed by atoms with Crippen LogP contribution in [0.1, 0.15) is 5.56 Å². The van der Waals surface area contributed by atoms with E-state index in [1.165, 1.54) is 6.08 Å². The minimum absolute atomic E-state index is 0.309. The van der Waals surface area contributed by atoms with Crippen LogP contribution in [-0.4, -0.2) is 29.7 Å². The number of anilines is 1. The van der Waals surface area contributed by atoms with E-state index >= 15 is 0 Å². The fraction of sp³-hybridized carbons (Fsp3) is 0.0556. The third-order valence-corrected chi connectivity index (χ3v) is 3.01. The average molecular weight is 308 g/mol. The smallest absolute Gasteiger partial charge is 0.307 e. The number of aldehydes is 1. The van der Waals surface area contributed by atoms with Crippen LogP contribution in [0.2, 0.25) is 0 Å². The maximum Gasteiger partial charge on any atom is 0.329 e. The van der Waals surface area contributed by atoms with Crippen molar-refractivity contribution in [2.24, 2.45) is 0 Å². The lowest BCUT2D eigenvalue weighted by Gasteiger charge is -2.17. The first-order valence-corrected chi connectivity index (χ1v) is 7.05. The summed E-state index contributed by atoms with van der Waals surface area (Å²) < 4.78 is 0. The van der Waals surface area contributed by atoms with E-state index in [1.54, 1.807) is 30.3 Å². The zero-order valence-electron chi connectivity index (χ0n) is 12.4. The molecule has 116 valence electrons. The van der Waals surface area contributed by atoms with Crippen molar-refractivity contribution >= 4 is 30.0 Å². The van der Waals surface area contributed by atoms with Crippen molar-refractivity contribution in [3.8, 4) is 0 Å². The number of hydrogen-bond donors (Lipinski definition) is 1. The third kappa shape index (κ3) is 4.93. The van der Waals surface area contributed by atoms with Gasteiger partial charge in [-0.05, 0) is 23.8 Å². The Labute approximate surface area is 134 Å². The van der Waals surface area contributed by atoms with E-state index in [0.717, 1.165) is 10.5 Å². The summed E-state index contributed by atoms with van der Waals surface area (Å²) in [6, 6.07) is 17.3. The zero-order valence-corrected chi connectivity index (χ0v) is 12.4. The molecular weight excluding hydrogens is 292 g/mol. The lowest BCUT2D eigenvalue weighted by Crippen LogP contribution is -2.40. The van der Waals surface area contributed by atoms with Gasteiger partial charge in [0, 0.05) is 11.8 Å². The molecule has 0 saturated carbocycles. The molecule has 0 atom stereocenters. The number of benzene rings is 2. The van der Waals surface area contributed by atoms with E-state index in [-0.39, 0.29) is 6.54 Å². The third-order valence-electron chi connectivity index (χ3n) is 3.01. The highest BCUT2D eigenvalue weighted by Crippen LogP contribution is 2.07. The van der Waals surface area contributed by atoms with Gasteiger partial charge in [-0.2, -0.15) is 0 Å². The SMILES string of the molecule is O=CCN(C(=O)/C=C/c1ccccc1)C(=O)Nc1ccccc1. The molecule has 0 aliphatic rings. The quantitative estimate of drug-likeness (QED) is 0.682. The van der Waals surface area contributed by atoms with E-state index in [1.807, 2.05) is 36.4 Å². The van der Waals surface area contributed by atoms with Gasteiger partial charge >= 0.3 is 6.03 Å². The number of imide groups is 1. The standard InChI is InChI=1S/C18H16N2O3/c21-14-13-20(18(23)19-16-9-5-2-6-10-16)17(22)12-11-15-7-3-1-4-8-15/h1-12,14H,13H2,(H,19,23)/b12-11+. The van der Waals surface area contributed by atoms with Gasteiger partial charge in [-0.15, -0.1) is 0 Å². The molecule has 5 nitrogen and oxygen atoms in total. The monoisotopic (exact) mass is 308 g/mol. The van der Waals surface area contributed by atoms with Crippen molar-refractivity contribution in [2.75, 3.05) is 11.9 Å². The molecule has 0 unspecified atom stereocenters. The fourth-order valence-electron chi connectivity index (χ4n) is 1.88. The number of urea groups is 1. The maximum absolute atomic E-state index is 12.2. The molecule has 0 aliphatic carbocycles. The first kappa shape index (κ1) is 16.2. The summed E-state index contributed by atoms with van der Waals surface area (Å²) in [5.74, 6) is -0.561. The summed E-state index contributed by atoms with van der Waals surface area (Å²) in [7, 11) is 0. The van der Waals surface area contributed by atoms with Gasteiger partial charge in [0.15, 0.2) is 0 Å². The Morgan fingerprint density at radius 3 is 2.17 bits per heavy atom. The van der Waals surface area contributed by atoms with E-state index in [9.17, 15) is 14.4 Å². The molecule has 0 heterocycles. The van der Waals surface area contributed by atoms with Gasteiger partial charge in [-0.1, -0.05) is 48.5 Å². The summed E-state index contributed by atoms with van der Waals surface area (Å²) in [6.07, 6.45) is 3.37. The zero-order chi connectivity index (χ0) is 16.5. The number of hydrogen-bond acceptors (Lipinski definition) is 3. The molecule has 0 bridgehead atoms. The van der Waals surface area contributed by atoms with Crippen molar-refractivity contribution in [3.63, 3.8) is 0 Å². The summed E-state index contributed by atoms with van der Waals surface area (Å²) in [4.78, 5) is 35.9. The van der Waals surface area contributed by atoms with Gasteiger partial charge in [-0.3, -0.25) is 9.69 Å². The van der Waals surface area contributed by atoms with Crippen LogP contribution in [-0.2, 0) is 9.59 Å². The number of nitrogens with zero attached hydrogens (tertiary/aromatic N) is 1. The Bertz CT molecular complexity index is 697. The molecule has 0 spiro atoms. The Hall–Kier alpha value is -3.21. The second kappa shape index (κ2) is 8.29. The van der Waals surface area contributed by atoms with Crippen LogP contribution in [0.3, 0.4) is 0 Å². The van der Waals surface area contributed by atoms with Crippen molar-refractivity contribution in [1.29, 1.82) is 0 Å². The Morgan fingerprint density at radius 1 is 0.957 bits per heavy atom. The maximum atomic E-state index is 12.2. The van der Waals surface area contributed by atoms with Crippen molar-refractivity contribution in [1.82, 2.24) is 4.90 Å². The normalized spacial score (nSPS) is 10.3. The van der Waals surface area contributed by atoms with Crippen LogP contribution < -0.4 is 5.32 Å². The first-order valence-electron chi connectivity index (χ1n) is 7.05. The van der Waals surface area contributed by atoms with Gasteiger partial charge in [0.05, 0.1) is 6.54 Å². The molecule has 2 rings (SSSR count). The predicted molar refractivity (Wildman–Crippen MR) is 88.7 cm³/mol. The highest BCUT2D eigenvalue weighted by molar-refractivity contribution is 6.07. The van der Waals surface area contributed by atoms with Gasteiger partial charge in [-0.25, -0.2) is 4.79 Å². The Balaban J connectivity index is 2.07. The lowest BCUT2D eigenvalue weighted by atomic mass is 10.2. The minimum Gasteiger partial charge on any atom is -0.307 e. The molecule has 23 heavy (non-hydrogen) atoms. The van der Waals surface area contributed by atoms with Crippen LogP contribution in [0.15, 0.2) is 66.7 Å². The molecule has 2 aromatic rings. The number of para-hydroxylation sites is 1. The Morgan fingerprint density at radius 2 is 1.57 bits per heavy atom. The molecular formula is C18H16N2O3. The lowest BCUT2D eigenvalue weighted by molar-refractivity contribution is -0.125. The van der Waals surface area contributed by atoms with E-state index in [2.05, 4.69) is 5.32 Å². The first-order chi connectivity index (χ1) is 11.2. The van der Waals surface area contributed by atoms with E-state index in [0.29, 0.717) is 12.0 Å². The van der Waals surface area contributed by atoms with E-state index < -0.39 is 11.9 Å².